The average molecular weight is 238 g/mol. The van der Waals surface area contributed by atoms with E-state index in [0.717, 1.165) is 17.1 Å². The van der Waals surface area contributed by atoms with E-state index in [-0.39, 0.29) is 0 Å². The standard InChI is InChI=1S/C15H14N2O/c1-2-9-17(8-1)14-6-3-5-13(11-14)16-12-15-7-4-10-18-15/h1-11,16H,12H2. The fraction of sp³-hybridized carbons (Fsp3) is 0.0667. The third-order valence-corrected chi connectivity index (χ3v) is 2.80. The van der Waals surface area contributed by atoms with Gasteiger partial charge in [0.25, 0.3) is 0 Å². The molecule has 3 rings (SSSR count). The van der Waals surface area contributed by atoms with Gasteiger partial charge in [0, 0.05) is 23.8 Å². The largest absolute Gasteiger partial charge is 0.467 e. The first-order valence-corrected chi connectivity index (χ1v) is 5.91. The predicted molar refractivity (Wildman–Crippen MR) is 71.8 cm³/mol. The van der Waals surface area contributed by atoms with Gasteiger partial charge in [0.2, 0.25) is 0 Å². The molecule has 0 bridgehead atoms. The van der Waals surface area contributed by atoms with E-state index < -0.39 is 0 Å². The molecule has 0 amide bonds. The number of nitrogens with zero attached hydrogens (tertiary/aromatic N) is 1. The summed E-state index contributed by atoms with van der Waals surface area (Å²) in [5.41, 5.74) is 2.22. The number of hydrogen-bond acceptors (Lipinski definition) is 2. The zero-order valence-electron chi connectivity index (χ0n) is 9.91. The molecule has 3 nitrogen and oxygen atoms in total. The van der Waals surface area contributed by atoms with Crippen LogP contribution in [0.2, 0.25) is 0 Å². The number of aromatic nitrogens is 1. The van der Waals surface area contributed by atoms with Gasteiger partial charge in [-0.25, -0.2) is 0 Å². The monoisotopic (exact) mass is 238 g/mol. The lowest BCUT2D eigenvalue weighted by Gasteiger charge is -2.08. The molecule has 1 aromatic carbocycles. The summed E-state index contributed by atoms with van der Waals surface area (Å²) in [4.78, 5) is 0. The van der Waals surface area contributed by atoms with Crippen molar-refractivity contribution in [2.75, 3.05) is 5.32 Å². The number of nitrogens with one attached hydrogen (secondary N) is 1. The van der Waals surface area contributed by atoms with E-state index in [9.17, 15) is 0 Å². The highest BCUT2D eigenvalue weighted by atomic mass is 16.3. The molecule has 3 heteroatoms. The molecule has 0 saturated carbocycles. The Kier molecular flexibility index (Phi) is 2.88. The summed E-state index contributed by atoms with van der Waals surface area (Å²) in [6, 6.07) is 16.2. The van der Waals surface area contributed by atoms with Crippen LogP contribution in [-0.4, -0.2) is 4.57 Å². The second-order valence-corrected chi connectivity index (χ2v) is 4.07. The van der Waals surface area contributed by atoms with Crippen molar-refractivity contribution in [3.05, 3.63) is 72.9 Å². The van der Waals surface area contributed by atoms with Crippen LogP contribution in [0.15, 0.2) is 71.6 Å². The Hall–Kier alpha value is -2.42. The van der Waals surface area contributed by atoms with Crippen molar-refractivity contribution in [1.82, 2.24) is 4.57 Å². The zero-order chi connectivity index (χ0) is 12.2. The van der Waals surface area contributed by atoms with E-state index in [1.807, 2.05) is 42.7 Å². The van der Waals surface area contributed by atoms with Gasteiger partial charge in [-0.15, -0.1) is 0 Å². The lowest BCUT2D eigenvalue weighted by molar-refractivity contribution is 0.518. The van der Waals surface area contributed by atoms with E-state index in [0.29, 0.717) is 6.54 Å². The van der Waals surface area contributed by atoms with E-state index in [1.54, 1.807) is 6.26 Å². The predicted octanol–water partition coefficient (Wildman–Crippen LogP) is 3.68. The maximum Gasteiger partial charge on any atom is 0.122 e. The van der Waals surface area contributed by atoms with Crippen molar-refractivity contribution >= 4 is 5.69 Å². The molecular formula is C15H14N2O. The number of anilines is 1. The number of rotatable bonds is 4. The summed E-state index contributed by atoms with van der Waals surface area (Å²) in [6.07, 6.45) is 5.75. The van der Waals surface area contributed by atoms with Crippen molar-refractivity contribution < 1.29 is 4.42 Å². The summed E-state index contributed by atoms with van der Waals surface area (Å²) in [5.74, 6) is 0.932. The van der Waals surface area contributed by atoms with Gasteiger partial charge < -0.3 is 14.3 Å². The van der Waals surface area contributed by atoms with Crippen LogP contribution in [0.5, 0.6) is 0 Å². The Morgan fingerprint density at radius 3 is 2.67 bits per heavy atom. The third-order valence-electron chi connectivity index (χ3n) is 2.80. The van der Waals surface area contributed by atoms with Crippen LogP contribution in [0, 0.1) is 0 Å². The normalized spacial score (nSPS) is 10.4. The van der Waals surface area contributed by atoms with Crippen molar-refractivity contribution in [3.8, 4) is 5.69 Å². The van der Waals surface area contributed by atoms with Gasteiger partial charge in [-0.2, -0.15) is 0 Å². The van der Waals surface area contributed by atoms with E-state index in [1.165, 1.54) is 0 Å². The second kappa shape index (κ2) is 4.84. The molecule has 0 spiro atoms. The van der Waals surface area contributed by atoms with E-state index >= 15 is 0 Å². The van der Waals surface area contributed by atoms with Crippen molar-refractivity contribution in [1.29, 1.82) is 0 Å². The summed E-state index contributed by atoms with van der Waals surface area (Å²) < 4.78 is 7.37. The molecule has 0 fully saturated rings. The van der Waals surface area contributed by atoms with E-state index in [4.69, 9.17) is 4.42 Å². The van der Waals surface area contributed by atoms with Gasteiger partial charge in [0.15, 0.2) is 0 Å². The third kappa shape index (κ3) is 2.30. The molecule has 1 N–H and O–H groups in total. The maximum atomic E-state index is 5.29. The minimum absolute atomic E-state index is 0.697. The van der Waals surface area contributed by atoms with Crippen LogP contribution in [0.1, 0.15) is 5.76 Å². The first-order valence-electron chi connectivity index (χ1n) is 5.91. The Morgan fingerprint density at radius 1 is 1.00 bits per heavy atom. The highest BCUT2D eigenvalue weighted by Gasteiger charge is 1.99. The van der Waals surface area contributed by atoms with Gasteiger partial charge in [0.05, 0.1) is 12.8 Å². The Balaban J connectivity index is 1.75. The summed E-state index contributed by atoms with van der Waals surface area (Å²) >= 11 is 0. The molecule has 2 aromatic heterocycles. The van der Waals surface area contributed by atoms with Crippen molar-refractivity contribution in [2.24, 2.45) is 0 Å². The smallest absolute Gasteiger partial charge is 0.122 e. The van der Waals surface area contributed by atoms with Crippen molar-refractivity contribution in [2.45, 2.75) is 6.54 Å². The fourth-order valence-electron chi connectivity index (χ4n) is 1.89. The molecule has 2 heterocycles. The molecule has 0 aliphatic carbocycles. The number of furan rings is 1. The van der Waals surface area contributed by atoms with Crippen LogP contribution in [0.25, 0.3) is 5.69 Å². The molecular weight excluding hydrogens is 224 g/mol. The quantitative estimate of drug-likeness (QED) is 0.751. The van der Waals surface area contributed by atoms with E-state index in [2.05, 4.69) is 28.1 Å². The van der Waals surface area contributed by atoms with Gasteiger partial charge in [0.1, 0.15) is 5.76 Å². The molecule has 0 saturated heterocycles. The molecule has 0 radical (unpaired) electrons. The van der Waals surface area contributed by atoms with Gasteiger partial charge >= 0.3 is 0 Å². The molecule has 0 atom stereocenters. The number of hydrogen-bond donors (Lipinski definition) is 1. The topological polar surface area (TPSA) is 30.1 Å². The molecule has 0 aliphatic heterocycles. The fourth-order valence-corrected chi connectivity index (χ4v) is 1.89. The first-order chi connectivity index (χ1) is 8.92. The van der Waals surface area contributed by atoms with Gasteiger partial charge in [-0.1, -0.05) is 6.07 Å². The Morgan fingerprint density at radius 2 is 1.89 bits per heavy atom. The summed E-state index contributed by atoms with van der Waals surface area (Å²) in [6.45, 7) is 0.697. The van der Waals surface area contributed by atoms with Crippen LogP contribution in [0.4, 0.5) is 5.69 Å². The zero-order valence-corrected chi connectivity index (χ0v) is 9.91. The van der Waals surface area contributed by atoms with Gasteiger partial charge in [-0.05, 0) is 42.5 Å². The number of benzene rings is 1. The SMILES string of the molecule is c1cc(NCc2ccco2)cc(-n2cccc2)c1. The maximum absolute atomic E-state index is 5.29. The minimum atomic E-state index is 0.697. The van der Waals surface area contributed by atoms with Crippen LogP contribution in [0.3, 0.4) is 0 Å². The highest BCUT2D eigenvalue weighted by molar-refractivity contribution is 5.51. The first kappa shape index (κ1) is 10.7. The Labute approximate surface area is 106 Å². The molecule has 0 aliphatic rings. The highest BCUT2D eigenvalue weighted by Crippen LogP contribution is 2.15. The second-order valence-electron chi connectivity index (χ2n) is 4.07. The molecule has 18 heavy (non-hydrogen) atoms. The van der Waals surface area contributed by atoms with Crippen molar-refractivity contribution in [3.63, 3.8) is 0 Å². The molecule has 3 aromatic rings. The summed E-state index contributed by atoms with van der Waals surface area (Å²) in [5, 5.41) is 3.34. The molecule has 0 unspecified atom stereocenters. The molecule has 90 valence electrons. The lowest BCUT2D eigenvalue weighted by Crippen LogP contribution is -1.99. The average Bonchev–Trinajstić information content (AvgIpc) is 3.10. The Bertz CT molecular complexity index is 597. The van der Waals surface area contributed by atoms with Crippen LogP contribution in [-0.2, 0) is 6.54 Å². The van der Waals surface area contributed by atoms with Crippen LogP contribution < -0.4 is 5.32 Å². The lowest BCUT2D eigenvalue weighted by atomic mass is 10.2. The minimum Gasteiger partial charge on any atom is -0.467 e. The van der Waals surface area contributed by atoms with Crippen LogP contribution >= 0.6 is 0 Å². The summed E-state index contributed by atoms with van der Waals surface area (Å²) in [7, 11) is 0. The van der Waals surface area contributed by atoms with Gasteiger partial charge in [-0.3, -0.25) is 0 Å².